The average Bonchev–Trinajstić information content (AvgIpc) is 2.78. The van der Waals surface area contributed by atoms with Crippen LogP contribution in [0.4, 0.5) is 5.69 Å². The van der Waals surface area contributed by atoms with E-state index in [2.05, 4.69) is 5.32 Å². The van der Waals surface area contributed by atoms with Crippen LogP contribution in [0.3, 0.4) is 0 Å². The molecule has 0 saturated carbocycles. The molecule has 0 radical (unpaired) electrons. The summed E-state index contributed by atoms with van der Waals surface area (Å²) in [7, 11) is 0. The zero-order chi connectivity index (χ0) is 13.9. The first-order valence-electron chi connectivity index (χ1n) is 6.25. The number of aliphatic hydroxyl groups is 1. The van der Waals surface area contributed by atoms with Gasteiger partial charge in [-0.2, -0.15) is 11.8 Å². The normalized spacial score (nSPS) is 22.6. The molecule has 1 aliphatic heterocycles. The third-order valence-electron chi connectivity index (χ3n) is 3.34. The van der Waals surface area contributed by atoms with E-state index in [0.717, 1.165) is 23.5 Å². The fourth-order valence-electron chi connectivity index (χ4n) is 2.14. The van der Waals surface area contributed by atoms with E-state index in [9.17, 15) is 15.2 Å². The highest BCUT2D eigenvalue weighted by molar-refractivity contribution is 7.99. The lowest BCUT2D eigenvalue weighted by Crippen LogP contribution is -2.40. The summed E-state index contributed by atoms with van der Waals surface area (Å²) >= 11 is 1.76. The second kappa shape index (κ2) is 5.90. The Bertz CT molecular complexity index is 473. The Labute approximate surface area is 116 Å². The predicted molar refractivity (Wildman–Crippen MR) is 76.4 cm³/mol. The molecule has 0 aliphatic carbocycles. The summed E-state index contributed by atoms with van der Waals surface area (Å²) in [5.74, 6) is 1.75. The topological polar surface area (TPSA) is 75.4 Å². The lowest BCUT2D eigenvalue weighted by atomic mass is 10.0. The van der Waals surface area contributed by atoms with E-state index in [1.807, 2.05) is 6.07 Å². The Balaban J connectivity index is 1.92. The molecule has 1 unspecified atom stereocenters. The van der Waals surface area contributed by atoms with Crippen LogP contribution in [0.15, 0.2) is 18.2 Å². The van der Waals surface area contributed by atoms with Gasteiger partial charge in [0.25, 0.3) is 5.69 Å². The van der Waals surface area contributed by atoms with E-state index in [-0.39, 0.29) is 10.6 Å². The second-order valence-corrected chi connectivity index (χ2v) is 6.11. The number of thioether (sulfide) groups is 1. The molecule has 5 nitrogen and oxygen atoms in total. The zero-order valence-electron chi connectivity index (χ0n) is 10.9. The second-order valence-electron chi connectivity index (χ2n) is 5.01. The molecule has 19 heavy (non-hydrogen) atoms. The summed E-state index contributed by atoms with van der Waals surface area (Å²) < 4.78 is 0. The van der Waals surface area contributed by atoms with Crippen molar-refractivity contribution in [2.24, 2.45) is 0 Å². The number of nitrogens with zero attached hydrogens (tertiary/aromatic N) is 1. The Kier molecular flexibility index (Phi) is 4.44. The van der Waals surface area contributed by atoms with Gasteiger partial charge in [0.15, 0.2) is 0 Å². The molecule has 1 heterocycles. The van der Waals surface area contributed by atoms with Gasteiger partial charge in [0.1, 0.15) is 0 Å². The Hall–Kier alpha value is -1.11. The maximum atomic E-state index is 10.9. The average molecular weight is 282 g/mol. The van der Waals surface area contributed by atoms with Crippen LogP contribution in [0, 0.1) is 17.0 Å². The first-order valence-corrected chi connectivity index (χ1v) is 7.40. The van der Waals surface area contributed by atoms with Crippen molar-refractivity contribution in [3.8, 4) is 0 Å². The largest absolute Gasteiger partial charge is 0.388 e. The molecule has 1 aromatic rings. The van der Waals surface area contributed by atoms with Crippen molar-refractivity contribution in [1.29, 1.82) is 0 Å². The van der Waals surface area contributed by atoms with Crippen molar-refractivity contribution < 1.29 is 10.0 Å². The standard InChI is InChI=1S/C13H18N2O3S/c1-10-2-3-11(6-12(10)15(17)18)7-14-8-13(16)4-5-19-9-13/h2-3,6,14,16H,4-5,7-9H2,1H3. The van der Waals surface area contributed by atoms with Crippen molar-refractivity contribution in [2.75, 3.05) is 18.1 Å². The summed E-state index contributed by atoms with van der Waals surface area (Å²) in [5, 5.41) is 24.2. The Morgan fingerprint density at radius 2 is 2.37 bits per heavy atom. The van der Waals surface area contributed by atoms with Crippen LogP contribution >= 0.6 is 11.8 Å². The predicted octanol–water partition coefficient (Wildman–Crippen LogP) is 1.86. The molecular formula is C13H18N2O3S. The maximum absolute atomic E-state index is 10.9. The minimum Gasteiger partial charge on any atom is -0.388 e. The van der Waals surface area contributed by atoms with Crippen molar-refractivity contribution in [1.82, 2.24) is 5.32 Å². The molecule has 0 aromatic heterocycles. The summed E-state index contributed by atoms with van der Waals surface area (Å²) in [6, 6.07) is 5.23. The van der Waals surface area contributed by atoms with Gasteiger partial charge in [-0.3, -0.25) is 10.1 Å². The number of hydrogen-bond acceptors (Lipinski definition) is 5. The van der Waals surface area contributed by atoms with Crippen LogP contribution in [0.2, 0.25) is 0 Å². The number of hydrogen-bond donors (Lipinski definition) is 2. The van der Waals surface area contributed by atoms with Gasteiger partial charge in [0.05, 0.1) is 10.5 Å². The van der Waals surface area contributed by atoms with Crippen LogP contribution < -0.4 is 5.32 Å². The molecule has 6 heteroatoms. The lowest BCUT2D eigenvalue weighted by molar-refractivity contribution is -0.385. The molecule has 1 saturated heterocycles. The quantitative estimate of drug-likeness (QED) is 0.637. The number of rotatable bonds is 5. The monoisotopic (exact) mass is 282 g/mol. The lowest BCUT2D eigenvalue weighted by Gasteiger charge is -2.21. The van der Waals surface area contributed by atoms with Crippen molar-refractivity contribution >= 4 is 17.4 Å². The van der Waals surface area contributed by atoms with Crippen LogP contribution in [0.5, 0.6) is 0 Å². The minimum absolute atomic E-state index is 0.148. The van der Waals surface area contributed by atoms with Crippen LogP contribution in [0.1, 0.15) is 17.5 Å². The van der Waals surface area contributed by atoms with E-state index in [1.165, 1.54) is 0 Å². The number of aryl methyl sites for hydroxylation is 1. The van der Waals surface area contributed by atoms with Crippen LogP contribution in [-0.2, 0) is 6.54 Å². The highest BCUT2D eigenvalue weighted by atomic mass is 32.2. The van der Waals surface area contributed by atoms with E-state index in [1.54, 1.807) is 30.8 Å². The van der Waals surface area contributed by atoms with E-state index in [4.69, 9.17) is 0 Å². The third kappa shape index (κ3) is 3.68. The van der Waals surface area contributed by atoms with Crippen molar-refractivity contribution in [3.05, 3.63) is 39.4 Å². The molecule has 1 atom stereocenters. The summed E-state index contributed by atoms with van der Waals surface area (Å²) in [6.45, 7) is 2.80. The number of benzene rings is 1. The first-order chi connectivity index (χ1) is 9.00. The molecule has 1 fully saturated rings. The fraction of sp³-hybridized carbons (Fsp3) is 0.538. The number of nitro benzene ring substituents is 1. The third-order valence-corrected chi connectivity index (χ3v) is 4.57. The van der Waals surface area contributed by atoms with Gasteiger partial charge in [-0.15, -0.1) is 0 Å². The van der Waals surface area contributed by atoms with Gasteiger partial charge in [-0.05, 0) is 24.7 Å². The van der Waals surface area contributed by atoms with E-state index < -0.39 is 5.60 Å². The summed E-state index contributed by atoms with van der Waals surface area (Å²) in [6.07, 6.45) is 0.804. The molecular weight excluding hydrogens is 264 g/mol. The highest BCUT2D eigenvalue weighted by Gasteiger charge is 2.30. The number of nitro groups is 1. The van der Waals surface area contributed by atoms with Gasteiger partial charge < -0.3 is 10.4 Å². The Morgan fingerprint density at radius 1 is 1.58 bits per heavy atom. The molecule has 1 aromatic carbocycles. The molecule has 104 valence electrons. The molecule has 0 amide bonds. The van der Waals surface area contributed by atoms with Gasteiger partial charge in [-0.25, -0.2) is 0 Å². The first kappa shape index (κ1) is 14.3. The minimum atomic E-state index is -0.624. The molecule has 2 rings (SSSR count). The highest BCUT2D eigenvalue weighted by Crippen LogP contribution is 2.27. The summed E-state index contributed by atoms with van der Waals surface area (Å²) in [4.78, 5) is 10.5. The smallest absolute Gasteiger partial charge is 0.272 e. The molecule has 2 N–H and O–H groups in total. The van der Waals surface area contributed by atoms with Gasteiger partial charge in [0, 0.05) is 30.5 Å². The van der Waals surface area contributed by atoms with E-state index >= 15 is 0 Å². The fourth-order valence-corrected chi connectivity index (χ4v) is 3.43. The number of nitrogens with one attached hydrogen (secondary N) is 1. The zero-order valence-corrected chi connectivity index (χ0v) is 11.7. The van der Waals surface area contributed by atoms with Gasteiger partial charge in [0.2, 0.25) is 0 Å². The molecule has 1 aliphatic rings. The van der Waals surface area contributed by atoms with Crippen molar-refractivity contribution in [2.45, 2.75) is 25.5 Å². The van der Waals surface area contributed by atoms with Crippen LogP contribution in [-0.4, -0.2) is 33.7 Å². The Morgan fingerprint density at radius 3 is 3.00 bits per heavy atom. The van der Waals surface area contributed by atoms with E-state index in [0.29, 0.717) is 18.7 Å². The van der Waals surface area contributed by atoms with Crippen LogP contribution in [0.25, 0.3) is 0 Å². The molecule has 0 spiro atoms. The summed E-state index contributed by atoms with van der Waals surface area (Å²) in [5.41, 5.74) is 1.06. The van der Waals surface area contributed by atoms with Crippen molar-refractivity contribution in [3.63, 3.8) is 0 Å². The molecule has 0 bridgehead atoms. The maximum Gasteiger partial charge on any atom is 0.272 e. The SMILES string of the molecule is Cc1ccc(CNCC2(O)CCSC2)cc1[N+](=O)[O-]. The van der Waals surface area contributed by atoms with Gasteiger partial charge in [-0.1, -0.05) is 12.1 Å². The van der Waals surface area contributed by atoms with Gasteiger partial charge >= 0.3 is 0 Å².